The Morgan fingerprint density at radius 2 is 2.16 bits per heavy atom. The fourth-order valence-corrected chi connectivity index (χ4v) is 1.94. The van der Waals surface area contributed by atoms with Gasteiger partial charge in [0.1, 0.15) is 12.4 Å². The molecule has 0 saturated heterocycles. The van der Waals surface area contributed by atoms with Gasteiger partial charge in [-0.05, 0) is 43.2 Å². The summed E-state index contributed by atoms with van der Waals surface area (Å²) in [4.78, 5) is 3.93. The van der Waals surface area contributed by atoms with Crippen LogP contribution in [0.15, 0.2) is 36.7 Å². The average Bonchev–Trinajstić information content (AvgIpc) is 2.39. The Bertz CT molecular complexity index is 570. The molecule has 1 aromatic heterocycles. The number of aliphatic hydroxyl groups is 1. The van der Waals surface area contributed by atoms with Crippen molar-refractivity contribution >= 4 is 11.6 Å². The van der Waals surface area contributed by atoms with Crippen LogP contribution in [0, 0.1) is 6.92 Å². The van der Waals surface area contributed by atoms with Crippen LogP contribution in [0.5, 0.6) is 5.75 Å². The SMILES string of the molecule is Cc1cc([C@H](C)O)ccc1OCc1ccncc1Cl. The molecular formula is C15H16ClNO2. The molecule has 1 N–H and O–H groups in total. The molecule has 0 bridgehead atoms. The van der Waals surface area contributed by atoms with Gasteiger partial charge < -0.3 is 9.84 Å². The van der Waals surface area contributed by atoms with Gasteiger partial charge in [-0.2, -0.15) is 0 Å². The van der Waals surface area contributed by atoms with Gasteiger partial charge in [0.05, 0.1) is 11.1 Å². The Morgan fingerprint density at radius 1 is 1.37 bits per heavy atom. The summed E-state index contributed by atoms with van der Waals surface area (Å²) in [6.07, 6.45) is 2.82. The molecule has 0 aliphatic carbocycles. The summed E-state index contributed by atoms with van der Waals surface area (Å²) in [5.41, 5.74) is 2.77. The number of hydrogen-bond acceptors (Lipinski definition) is 3. The topological polar surface area (TPSA) is 42.4 Å². The number of aryl methyl sites for hydroxylation is 1. The van der Waals surface area contributed by atoms with Crippen LogP contribution in [0.3, 0.4) is 0 Å². The number of halogens is 1. The van der Waals surface area contributed by atoms with Gasteiger partial charge in [0.25, 0.3) is 0 Å². The summed E-state index contributed by atoms with van der Waals surface area (Å²) < 4.78 is 5.74. The third-order valence-corrected chi connectivity index (χ3v) is 3.26. The third kappa shape index (κ3) is 3.46. The van der Waals surface area contributed by atoms with E-state index in [1.165, 1.54) is 0 Å². The maximum atomic E-state index is 9.52. The minimum absolute atomic E-state index is 0.399. The smallest absolute Gasteiger partial charge is 0.122 e. The van der Waals surface area contributed by atoms with E-state index in [0.717, 1.165) is 22.4 Å². The molecule has 0 spiro atoms. The molecule has 0 aliphatic heterocycles. The van der Waals surface area contributed by atoms with Gasteiger partial charge in [-0.25, -0.2) is 0 Å². The highest BCUT2D eigenvalue weighted by Crippen LogP contribution is 2.24. The normalized spacial score (nSPS) is 12.2. The van der Waals surface area contributed by atoms with Gasteiger partial charge in [-0.15, -0.1) is 0 Å². The van der Waals surface area contributed by atoms with Gasteiger partial charge in [-0.1, -0.05) is 17.7 Å². The molecule has 0 aliphatic rings. The second kappa shape index (κ2) is 6.04. The summed E-state index contributed by atoms with van der Waals surface area (Å²) in [5.74, 6) is 0.789. The summed E-state index contributed by atoms with van der Waals surface area (Å²) in [7, 11) is 0. The molecule has 100 valence electrons. The molecule has 4 heteroatoms. The zero-order chi connectivity index (χ0) is 13.8. The maximum Gasteiger partial charge on any atom is 0.122 e. The second-order valence-corrected chi connectivity index (χ2v) is 4.86. The van der Waals surface area contributed by atoms with E-state index >= 15 is 0 Å². The van der Waals surface area contributed by atoms with Gasteiger partial charge in [0.15, 0.2) is 0 Å². The number of benzene rings is 1. The van der Waals surface area contributed by atoms with Crippen LogP contribution in [-0.4, -0.2) is 10.1 Å². The zero-order valence-corrected chi connectivity index (χ0v) is 11.7. The Hall–Kier alpha value is -1.58. The minimum Gasteiger partial charge on any atom is -0.489 e. The fraction of sp³-hybridized carbons (Fsp3) is 0.267. The Morgan fingerprint density at radius 3 is 2.79 bits per heavy atom. The van der Waals surface area contributed by atoms with E-state index in [4.69, 9.17) is 16.3 Å². The summed E-state index contributed by atoms with van der Waals surface area (Å²) >= 11 is 6.02. The first-order valence-electron chi connectivity index (χ1n) is 6.07. The van der Waals surface area contributed by atoms with Crippen molar-refractivity contribution in [1.82, 2.24) is 4.98 Å². The van der Waals surface area contributed by atoms with E-state index in [0.29, 0.717) is 11.6 Å². The third-order valence-electron chi connectivity index (χ3n) is 2.92. The Kier molecular flexibility index (Phi) is 4.40. The number of pyridine rings is 1. The average molecular weight is 278 g/mol. The standard InChI is InChI=1S/C15H16ClNO2/c1-10-7-12(11(2)18)3-4-15(10)19-9-13-5-6-17-8-14(13)16/h3-8,11,18H,9H2,1-2H3/t11-/m0/s1. The molecule has 0 amide bonds. The van der Waals surface area contributed by atoms with Crippen molar-refractivity contribution in [3.05, 3.63) is 58.4 Å². The van der Waals surface area contributed by atoms with E-state index < -0.39 is 6.10 Å². The lowest BCUT2D eigenvalue weighted by Gasteiger charge is -2.12. The molecule has 1 heterocycles. The molecule has 3 nitrogen and oxygen atoms in total. The molecule has 2 aromatic rings. The molecule has 1 atom stereocenters. The van der Waals surface area contributed by atoms with Gasteiger partial charge in [0.2, 0.25) is 0 Å². The highest BCUT2D eigenvalue weighted by molar-refractivity contribution is 6.31. The van der Waals surface area contributed by atoms with Crippen LogP contribution in [0.4, 0.5) is 0 Å². The van der Waals surface area contributed by atoms with Crippen LogP contribution in [0.2, 0.25) is 5.02 Å². The lowest BCUT2D eigenvalue weighted by molar-refractivity contribution is 0.199. The van der Waals surface area contributed by atoms with Gasteiger partial charge >= 0.3 is 0 Å². The number of ether oxygens (including phenoxy) is 1. The van der Waals surface area contributed by atoms with Crippen molar-refractivity contribution < 1.29 is 9.84 Å². The van der Waals surface area contributed by atoms with E-state index in [-0.39, 0.29) is 0 Å². The maximum absolute atomic E-state index is 9.52. The predicted octanol–water partition coefficient (Wildman–Crippen LogP) is 3.68. The molecule has 2 rings (SSSR count). The molecular weight excluding hydrogens is 262 g/mol. The summed E-state index contributed by atoms with van der Waals surface area (Å²) in [6.45, 7) is 4.09. The zero-order valence-electron chi connectivity index (χ0n) is 10.9. The predicted molar refractivity (Wildman–Crippen MR) is 75.4 cm³/mol. The highest BCUT2D eigenvalue weighted by atomic mass is 35.5. The van der Waals surface area contributed by atoms with Crippen LogP contribution in [-0.2, 0) is 6.61 Å². The largest absolute Gasteiger partial charge is 0.489 e. The number of aromatic nitrogens is 1. The second-order valence-electron chi connectivity index (χ2n) is 4.46. The van der Waals surface area contributed by atoms with Crippen molar-refractivity contribution in [2.75, 3.05) is 0 Å². The van der Waals surface area contributed by atoms with Crippen LogP contribution in [0.25, 0.3) is 0 Å². The Balaban J connectivity index is 2.10. The molecule has 0 saturated carbocycles. The molecule has 1 aromatic carbocycles. The lowest BCUT2D eigenvalue weighted by atomic mass is 10.1. The summed E-state index contributed by atoms with van der Waals surface area (Å²) in [5, 5.41) is 10.1. The van der Waals surface area contributed by atoms with E-state index in [1.54, 1.807) is 19.3 Å². The first-order chi connectivity index (χ1) is 9.08. The van der Waals surface area contributed by atoms with E-state index in [9.17, 15) is 5.11 Å². The van der Waals surface area contributed by atoms with Crippen molar-refractivity contribution in [3.63, 3.8) is 0 Å². The Labute approximate surface area is 117 Å². The number of nitrogens with zero attached hydrogens (tertiary/aromatic N) is 1. The van der Waals surface area contributed by atoms with Crippen molar-refractivity contribution in [3.8, 4) is 5.75 Å². The first kappa shape index (κ1) is 13.8. The van der Waals surface area contributed by atoms with Gasteiger partial charge in [0, 0.05) is 18.0 Å². The molecule has 0 unspecified atom stereocenters. The minimum atomic E-state index is -0.470. The van der Waals surface area contributed by atoms with Gasteiger partial charge in [-0.3, -0.25) is 4.98 Å². The number of hydrogen-bond donors (Lipinski definition) is 1. The molecule has 0 radical (unpaired) electrons. The number of rotatable bonds is 4. The van der Waals surface area contributed by atoms with Crippen molar-refractivity contribution in [1.29, 1.82) is 0 Å². The van der Waals surface area contributed by atoms with Crippen LogP contribution >= 0.6 is 11.6 Å². The first-order valence-corrected chi connectivity index (χ1v) is 6.45. The molecule has 0 fully saturated rings. The van der Waals surface area contributed by atoms with Crippen LogP contribution < -0.4 is 4.74 Å². The quantitative estimate of drug-likeness (QED) is 0.927. The van der Waals surface area contributed by atoms with E-state index in [2.05, 4.69) is 4.98 Å². The summed E-state index contributed by atoms with van der Waals surface area (Å²) in [6, 6.07) is 7.49. The fourth-order valence-electron chi connectivity index (χ4n) is 1.77. The van der Waals surface area contributed by atoms with Crippen molar-refractivity contribution in [2.45, 2.75) is 26.6 Å². The molecule has 19 heavy (non-hydrogen) atoms. The van der Waals surface area contributed by atoms with Crippen molar-refractivity contribution in [2.24, 2.45) is 0 Å². The monoisotopic (exact) mass is 277 g/mol. The number of aliphatic hydroxyl groups excluding tert-OH is 1. The lowest BCUT2D eigenvalue weighted by Crippen LogP contribution is -1.99. The van der Waals surface area contributed by atoms with Crippen LogP contribution in [0.1, 0.15) is 29.7 Å². The van der Waals surface area contributed by atoms with E-state index in [1.807, 2.05) is 31.2 Å². The highest BCUT2D eigenvalue weighted by Gasteiger charge is 2.06.